The van der Waals surface area contributed by atoms with Crippen molar-refractivity contribution in [1.29, 1.82) is 0 Å². The minimum atomic E-state index is 0.682. The van der Waals surface area contributed by atoms with Gasteiger partial charge in [-0.25, -0.2) is 0 Å². The topological polar surface area (TPSA) is 21.6 Å². The summed E-state index contributed by atoms with van der Waals surface area (Å²) in [6.07, 6.45) is 9.42. The third-order valence-electron chi connectivity index (χ3n) is 1.47. The monoisotopic (exact) mass is 133 g/mol. The summed E-state index contributed by atoms with van der Waals surface area (Å²) in [4.78, 5) is 3.97. The Morgan fingerprint density at radius 3 is 3.50 bits per heavy atom. The Kier molecular flexibility index (Phi) is 1.17. The molecule has 0 aromatic rings. The zero-order chi connectivity index (χ0) is 6.81. The molecule has 0 spiro atoms. The van der Waals surface area contributed by atoms with Crippen molar-refractivity contribution in [2.24, 2.45) is 4.99 Å². The van der Waals surface area contributed by atoms with Crippen LogP contribution in [0.5, 0.6) is 0 Å². The second-order valence-corrected chi connectivity index (χ2v) is 2.12. The van der Waals surface area contributed by atoms with Crippen molar-refractivity contribution in [2.75, 3.05) is 6.61 Å². The van der Waals surface area contributed by atoms with Crippen LogP contribution < -0.4 is 0 Å². The summed E-state index contributed by atoms with van der Waals surface area (Å²) in [5, 5.41) is 0. The lowest BCUT2D eigenvalue weighted by molar-refractivity contribution is 0.276. The van der Waals surface area contributed by atoms with Crippen LogP contribution in [0.2, 0.25) is 0 Å². The molecular weight excluding hydrogens is 126 g/mol. The fraction of sp³-hybridized carbons (Fsp3) is 0.125. The van der Waals surface area contributed by atoms with Crippen molar-refractivity contribution >= 4 is 6.21 Å². The first-order valence-corrected chi connectivity index (χ1v) is 3.20. The summed E-state index contributed by atoms with van der Waals surface area (Å²) in [5.74, 6) is 0.880. The molecule has 2 aliphatic heterocycles. The molecule has 0 saturated heterocycles. The van der Waals surface area contributed by atoms with Crippen LogP contribution in [-0.2, 0) is 4.74 Å². The van der Waals surface area contributed by atoms with Gasteiger partial charge in [-0.3, -0.25) is 4.99 Å². The predicted octanol–water partition coefficient (Wildman–Crippen LogP) is 1.43. The molecule has 10 heavy (non-hydrogen) atoms. The molecular formula is C8H7NO. The molecule has 2 rings (SSSR count). The van der Waals surface area contributed by atoms with Gasteiger partial charge in [0, 0.05) is 11.8 Å². The maximum absolute atomic E-state index is 5.24. The lowest BCUT2D eigenvalue weighted by atomic mass is 10.2. The highest BCUT2D eigenvalue weighted by Gasteiger charge is 2.09. The van der Waals surface area contributed by atoms with Crippen LogP contribution in [0, 0.1) is 0 Å². The van der Waals surface area contributed by atoms with Crippen LogP contribution in [0.25, 0.3) is 0 Å². The van der Waals surface area contributed by atoms with E-state index in [4.69, 9.17) is 4.74 Å². The van der Waals surface area contributed by atoms with E-state index in [9.17, 15) is 0 Å². The molecule has 0 fully saturated rings. The summed E-state index contributed by atoms with van der Waals surface area (Å²) in [6.45, 7) is 0.682. The summed E-state index contributed by atoms with van der Waals surface area (Å²) in [7, 11) is 0. The molecule has 0 amide bonds. The molecule has 50 valence electrons. The van der Waals surface area contributed by atoms with E-state index in [1.807, 2.05) is 18.2 Å². The number of fused-ring (bicyclic) bond motifs is 1. The van der Waals surface area contributed by atoms with Gasteiger partial charge in [0.2, 0.25) is 0 Å². The van der Waals surface area contributed by atoms with Gasteiger partial charge in [-0.1, -0.05) is 0 Å². The third kappa shape index (κ3) is 0.778. The fourth-order valence-electron chi connectivity index (χ4n) is 0.974. The molecule has 2 aliphatic rings. The Morgan fingerprint density at radius 2 is 2.50 bits per heavy atom. The Morgan fingerprint density at radius 1 is 1.50 bits per heavy atom. The lowest BCUT2D eigenvalue weighted by Gasteiger charge is -1.95. The minimum Gasteiger partial charge on any atom is -0.487 e. The second-order valence-electron chi connectivity index (χ2n) is 2.12. The standard InChI is InChI=1S/C8H7NO/c1-2-7-3-5-10-8(7)6-9-4-1/h1-4,6H,5H2. The molecule has 2 heteroatoms. The molecule has 0 aliphatic carbocycles. The Balaban J connectivity index is 2.42. The zero-order valence-corrected chi connectivity index (χ0v) is 5.45. The number of hydrogen-bond acceptors (Lipinski definition) is 2. The highest BCUT2D eigenvalue weighted by molar-refractivity contribution is 5.74. The molecule has 0 radical (unpaired) electrons. The fourth-order valence-corrected chi connectivity index (χ4v) is 0.974. The largest absolute Gasteiger partial charge is 0.487 e. The van der Waals surface area contributed by atoms with Crippen LogP contribution in [0.15, 0.2) is 40.8 Å². The second kappa shape index (κ2) is 2.14. The van der Waals surface area contributed by atoms with Crippen molar-refractivity contribution in [3.63, 3.8) is 0 Å². The van der Waals surface area contributed by atoms with Crippen LogP contribution >= 0.6 is 0 Å². The lowest BCUT2D eigenvalue weighted by Crippen LogP contribution is -1.81. The maximum Gasteiger partial charge on any atom is 0.145 e. The van der Waals surface area contributed by atoms with Gasteiger partial charge in [-0.05, 0) is 18.2 Å². The SMILES string of the molecule is C1=CC2=CCOC2=CN=C1. The highest BCUT2D eigenvalue weighted by Crippen LogP contribution is 2.20. The maximum atomic E-state index is 5.24. The van der Waals surface area contributed by atoms with E-state index in [0.29, 0.717) is 6.61 Å². The molecule has 0 aromatic carbocycles. The van der Waals surface area contributed by atoms with Gasteiger partial charge in [-0.2, -0.15) is 0 Å². The Hall–Kier alpha value is -1.31. The summed E-state index contributed by atoms with van der Waals surface area (Å²) in [6, 6.07) is 0. The number of nitrogens with zero attached hydrogens (tertiary/aromatic N) is 1. The van der Waals surface area contributed by atoms with Crippen molar-refractivity contribution in [3.8, 4) is 0 Å². The molecule has 0 atom stereocenters. The van der Waals surface area contributed by atoms with Gasteiger partial charge in [0.15, 0.2) is 0 Å². The third-order valence-corrected chi connectivity index (χ3v) is 1.47. The Labute approximate surface area is 59.2 Å². The Bertz CT molecular complexity index is 258. The number of ether oxygens (including phenoxy) is 1. The molecule has 2 nitrogen and oxygen atoms in total. The normalized spacial score (nSPS) is 20.8. The van der Waals surface area contributed by atoms with E-state index in [1.54, 1.807) is 12.4 Å². The summed E-state index contributed by atoms with van der Waals surface area (Å²) >= 11 is 0. The van der Waals surface area contributed by atoms with Crippen molar-refractivity contribution < 1.29 is 4.74 Å². The summed E-state index contributed by atoms with van der Waals surface area (Å²) < 4.78 is 5.24. The van der Waals surface area contributed by atoms with Gasteiger partial charge < -0.3 is 4.74 Å². The van der Waals surface area contributed by atoms with E-state index < -0.39 is 0 Å². The van der Waals surface area contributed by atoms with E-state index in [1.165, 1.54) is 0 Å². The van der Waals surface area contributed by atoms with Gasteiger partial charge in [0.25, 0.3) is 0 Å². The van der Waals surface area contributed by atoms with E-state index >= 15 is 0 Å². The molecule has 0 bridgehead atoms. The van der Waals surface area contributed by atoms with Gasteiger partial charge in [0.1, 0.15) is 12.4 Å². The van der Waals surface area contributed by atoms with Crippen LogP contribution in [0.3, 0.4) is 0 Å². The number of aliphatic imine (C=N–C) groups is 1. The van der Waals surface area contributed by atoms with E-state index in [0.717, 1.165) is 11.3 Å². The average Bonchev–Trinajstić information content (AvgIpc) is 2.28. The quantitative estimate of drug-likeness (QED) is 0.489. The van der Waals surface area contributed by atoms with Crippen molar-refractivity contribution in [2.45, 2.75) is 0 Å². The molecule has 0 saturated carbocycles. The van der Waals surface area contributed by atoms with Crippen LogP contribution in [-0.4, -0.2) is 12.8 Å². The smallest absolute Gasteiger partial charge is 0.145 e. The number of rotatable bonds is 0. The first-order valence-electron chi connectivity index (χ1n) is 3.20. The highest BCUT2D eigenvalue weighted by atomic mass is 16.5. The average molecular weight is 133 g/mol. The van der Waals surface area contributed by atoms with Crippen LogP contribution in [0.1, 0.15) is 0 Å². The van der Waals surface area contributed by atoms with E-state index in [2.05, 4.69) is 4.99 Å². The van der Waals surface area contributed by atoms with Gasteiger partial charge in [-0.15, -0.1) is 0 Å². The van der Waals surface area contributed by atoms with Gasteiger partial charge >= 0.3 is 0 Å². The van der Waals surface area contributed by atoms with Crippen molar-refractivity contribution in [1.82, 2.24) is 0 Å². The number of allylic oxidation sites excluding steroid dienone is 2. The molecule has 2 heterocycles. The summed E-state index contributed by atoms with van der Waals surface area (Å²) in [5.41, 5.74) is 1.14. The number of hydrogen-bond donors (Lipinski definition) is 0. The first kappa shape index (κ1) is 5.47. The zero-order valence-electron chi connectivity index (χ0n) is 5.45. The molecule has 0 unspecified atom stereocenters. The van der Waals surface area contributed by atoms with Crippen LogP contribution in [0.4, 0.5) is 0 Å². The molecule has 0 aromatic heterocycles. The predicted molar refractivity (Wildman–Crippen MR) is 39.8 cm³/mol. The first-order chi connectivity index (χ1) is 4.97. The minimum absolute atomic E-state index is 0.682. The van der Waals surface area contributed by atoms with E-state index in [-0.39, 0.29) is 0 Å². The van der Waals surface area contributed by atoms with Crippen molar-refractivity contribution in [3.05, 3.63) is 35.8 Å². The molecule has 0 N–H and O–H groups in total. The van der Waals surface area contributed by atoms with Gasteiger partial charge in [0.05, 0.1) is 6.20 Å².